The maximum absolute atomic E-state index is 12.7. The van der Waals surface area contributed by atoms with Gasteiger partial charge < -0.3 is 15.0 Å². The molecule has 6 nitrogen and oxygen atoms in total. The van der Waals surface area contributed by atoms with E-state index in [4.69, 9.17) is 4.74 Å². The zero-order valence-electron chi connectivity index (χ0n) is 16.5. The van der Waals surface area contributed by atoms with Crippen LogP contribution < -0.4 is 10.6 Å². The minimum absolute atomic E-state index is 0.242. The van der Waals surface area contributed by atoms with Gasteiger partial charge in [-0.25, -0.2) is 4.79 Å². The first kappa shape index (κ1) is 20.5. The van der Waals surface area contributed by atoms with Crippen LogP contribution in [0.2, 0.25) is 0 Å². The molecule has 0 heterocycles. The Morgan fingerprint density at radius 1 is 1.00 bits per heavy atom. The van der Waals surface area contributed by atoms with Crippen LogP contribution in [-0.2, 0) is 11.3 Å². The summed E-state index contributed by atoms with van der Waals surface area (Å²) in [4.78, 5) is 26.6. The molecule has 0 radical (unpaired) electrons. The second kappa shape index (κ2) is 8.68. The topological polar surface area (TPSA) is 70.7 Å². The Morgan fingerprint density at radius 2 is 1.70 bits per heavy atom. The smallest absolute Gasteiger partial charge is 0.412 e. The molecule has 0 fully saturated rings. The number of carbonyl (C=O) groups is 2. The van der Waals surface area contributed by atoms with E-state index in [0.29, 0.717) is 11.3 Å². The quantitative estimate of drug-likeness (QED) is 0.822. The van der Waals surface area contributed by atoms with Gasteiger partial charge in [-0.3, -0.25) is 10.1 Å². The predicted molar refractivity (Wildman–Crippen MR) is 108 cm³/mol. The lowest BCUT2D eigenvalue weighted by Crippen LogP contribution is -2.27. The van der Waals surface area contributed by atoms with E-state index in [1.54, 1.807) is 45.0 Å². The van der Waals surface area contributed by atoms with Crippen LogP contribution in [0.15, 0.2) is 48.5 Å². The van der Waals surface area contributed by atoms with E-state index in [-0.39, 0.29) is 5.91 Å². The molecule has 0 aliphatic carbocycles. The summed E-state index contributed by atoms with van der Waals surface area (Å²) in [6.07, 6.45) is -0.559. The number of hydrogen-bond acceptors (Lipinski definition) is 4. The summed E-state index contributed by atoms with van der Waals surface area (Å²) in [6, 6.07) is 14.4. The molecule has 0 bridgehead atoms. The van der Waals surface area contributed by atoms with Crippen molar-refractivity contribution in [1.82, 2.24) is 4.90 Å². The molecular weight excluding hydrogens is 342 g/mol. The molecule has 0 saturated heterocycles. The molecule has 2 aromatic carbocycles. The minimum atomic E-state index is -0.588. The first-order valence-electron chi connectivity index (χ1n) is 8.78. The molecule has 2 aromatic rings. The van der Waals surface area contributed by atoms with Crippen LogP contribution in [0.25, 0.3) is 0 Å². The molecule has 2 N–H and O–H groups in total. The number of anilines is 2. The second-order valence-electron chi connectivity index (χ2n) is 7.56. The van der Waals surface area contributed by atoms with Gasteiger partial charge in [0.1, 0.15) is 5.60 Å². The maximum Gasteiger partial charge on any atom is 0.412 e. The van der Waals surface area contributed by atoms with Crippen LogP contribution in [0.5, 0.6) is 0 Å². The van der Waals surface area contributed by atoms with Crippen molar-refractivity contribution in [2.24, 2.45) is 0 Å². The van der Waals surface area contributed by atoms with Gasteiger partial charge in [-0.1, -0.05) is 24.3 Å². The Kier molecular flexibility index (Phi) is 6.58. The van der Waals surface area contributed by atoms with E-state index in [1.165, 1.54) is 0 Å². The van der Waals surface area contributed by atoms with Crippen LogP contribution in [0.4, 0.5) is 16.2 Å². The van der Waals surface area contributed by atoms with E-state index in [0.717, 1.165) is 17.8 Å². The highest BCUT2D eigenvalue weighted by Crippen LogP contribution is 2.19. The zero-order chi connectivity index (χ0) is 20.0. The van der Waals surface area contributed by atoms with E-state index in [1.807, 2.05) is 43.3 Å². The van der Waals surface area contributed by atoms with Crippen molar-refractivity contribution in [2.45, 2.75) is 32.9 Å². The van der Waals surface area contributed by atoms with Gasteiger partial charge >= 0.3 is 6.09 Å². The van der Waals surface area contributed by atoms with Crippen molar-refractivity contribution in [2.75, 3.05) is 24.7 Å². The lowest BCUT2D eigenvalue weighted by molar-refractivity contribution is 0.0635. The van der Waals surface area contributed by atoms with Gasteiger partial charge in [-0.15, -0.1) is 0 Å². The third kappa shape index (κ3) is 6.75. The predicted octanol–water partition coefficient (Wildman–Crippen LogP) is 4.35. The van der Waals surface area contributed by atoms with E-state index >= 15 is 0 Å². The highest BCUT2D eigenvalue weighted by molar-refractivity contribution is 6.05. The van der Waals surface area contributed by atoms with Gasteiger partial charge in [0.05, 0.1) is 0 Å². The largest absolute Gasteiger partial charge is 0.444 e. The monoisotopic (exact) mass is 369 g/mol. The fourth-order valence-electron chi connectivity index (χ4n) is 2.47. The number of amides is 2. The fourth-order valence-corrected chi connectivity index (χ4v) is 2.47. The van der Waals surface area contributed by atoms with Crippen molar-refractivity contribution in [1.29, 1.82) is 0 Å². The molecule has 2 amide bonds. The molecule has 0 aromatic heterocycles. The Labute approximate surface area is 160 Å². The highest BCUT2D eigenvalue weighted by Gasteiger charge is 2.17. The van der Waals surface area contributed by atoms with E-state index in [9.17, 15) is 9.59 Å². The first-order chi connectivity index (χ1) is 12.6. The Bertz CT molecular complexity index is 810. The van der Waals surface area contributed by atoms with Crippen LogP contribution in [0.3, 0.4) is 0 Å². The third-order valence-electron chi connectivity index (χ3n) is 3.52. The standard InChI is InChI=1S/C21H27N3O3/c1-21(2,3)27-20(26)22-17-11-8-10-15(13-17)19(25)23-18-12-7-6-9-16(18)14-24(4)5/h6-13H,14H2,1-5H3,(H,22,26)(H,23,25). The highest BCUT2D eigenvalue weighted by atomic mass is 16.6. The molecular formula is C21H27N3O3. The summed E-state index contributed by atoms with van der Waals surface area (Å²) in [5.41, 5.74) is 2.15. The van der Waals surface area contributed by atoms with Crippen LogP contribution in [0.1, 0.15) is 36.7 Å². The molecule has 0 unspecified atom stereocenters. The average Bonchev–Trinajstić information content (AvgIpc) is 2.54. The molecule has 0 aliphatic rings. The lowest BCUT2D eigenvalue weighted by atomic mass is 10.1. The van der Waals surface area contributed by atoms with Gasteiger partial charge in [-0.05, 0) is 64.7 Å². The molecule has 2 rings (SSSR count). The lowest BCUT2D eigenvalue weighted by Gasteiger charge is -2.19. The Morgan fingerprint density at radius 3 is 2.37 bits per heavy atom. The Balaban J connectivity index is 2.11. The number of carbonyl (C=O) groups excluding carboxylic acids is 2. The SMILES string of the molecule is CN(C)Cc1ccccc1NC(=O)c1cccc(NC(=O)OC(C)(C)C)c1. The number of hydrogen-bond donors (Lipinski definition) is 2. The molecule has 0 aliphatic heterocycles. The summed E-state index contributed by atoms with van der Waals surface area (Å²) in [6.45, 7) is 6.10. The van der Waals surface area contributed by atoms with Crippen molar-refractivity contribution < 1.29 is 14.3 Å². The number of benzene rings is 2. The number of rotatable bonds is 5. The number of nitrogens with one attached hydrogen (secondary N) is 2. The van der Waals surface area contributed by atoms with Gasteiger partial charge in [-0.2, -0.15) is 0 Å². The molecule has 0 atom stereocenters. The molecule has 6 heteroatoms. The van der Waals surface area contributed by atoms with E-state index in [2.05, 4.69) is 10.6 Å². The van der Waals surface area contributed by atoms with Crippen molar-refractivity contribution >= 4 is 23.4 Å². The van der Waals surface area contributed by atoms with E-state index < -0.39 is 11.7 Å². The van der Waals surface area contributed by atoms with Gasteiger partial charge in [0.25, 0.3) is 5.91 Å². The third-order valence-corrected chi connectivity index (χ3v) is 3.52. The van der Waals surface area contributed by atoms with Gasteiger partial charge in [0.15, 0.2) is 0 Å². The molecule has 0 saturated carbocycles. The first-order valence-corrected chi connectivity index (χ1v) is 8.78. The molecule has 0 spiro atoms. The molecule has 144 valence electrons. The van der Waals surface area contributed by atoms with Crippen molar-refractivity contribution in [3.8, 4) is 0 Å². The van der Waals surface area contributed by atoms with Gasteiger partial charge in [0, 0.05) is 23.5 Å². The summed E-state index contributed by atoms with van der Waals surface area (Å²) >= 11 is 0. The number of nitrogens with zero attached hydrogens (tertiary/aromatic N) is 1. The van der Waals surface area contributed by atoms with Crippen LogP contribution in [0, 0.1) is 0 Å². The Hall–Kier alpha value is -2.86. The van der Waals surface area contributed by atoms with Crippen molar-refractivity contribution in [3.63, 3.8) is 0 Å². The number of ether oxygens (including phenoxy) is 1. The summed E-state index contributed by atoms with van der Waals surface area (Å²) in [7, 11) is 3.95. The van der Waals surface area contributed by atoms with Crippen LogP contribution in [-0.4, -0.2) is 36.6 Å². The fraction of sp³-hybridized carbons (Fsp3) is 0.333. The number of para-hydroxylation sites is 1. The zero-order valence-corrected chi connectivity index (χ0v) is 16.5. The minimum Gasteiger partial charge on any atom is -0.444 e. The van der Waals surface area contributed by atoms with Gasteiger partial charge in [0.2, 0.25) is 0 Å². The molecule has 27 heavy (non-hydrogen) atoms. The second-order valence-corrected chi connectivity index (χ2v) is 7.56. The normalized spacial score (nSPS) is 11.2. The van der Waals surface area contributed by atoms with Crippen molar-refractivity contribution in [3.05, 3.63) is 59.7 Å². The summed E-state index contributed by atoms with van der Waals surface area (Å²) in [5.74, 6) is -0.242. The summed E-state index contributed by atoms with van der Waals surface area (Å²) < 4.78 is 5.24. The maximum atomic E-state index is 12.7. The summed E-state index contributed by atoms with van der Waals surface area (Å²) in [5, 5.41) is 5.59. The van der Waals surface area contributed by atoms with Crippen LogP contribution >= 0.6 is 0 Å². The average molecular weight is 369 g/mol.